The highest BCUT2D eigenvalue weighted by Crippen LogP contribution is 1.96. The molecule has 56 valence electrons. The summed E-state index contributed by atoms with van der Waals surface area (Å²) in [5.41, 5.74) is 1.12. The van der Waals surface area contributed by atoms with Gasteiger partial charge in [0.1, 0.15) is 5.82 Å². The lowest BCUT2D eigenvalue weighted by atomic mass is 10.5. The summed E-state index contributed by atoms with van der Waals surface area (Å²) in [6.45, 7) is 2.89. The number of hydrogen-bond donors (Lipinski definition) is 1. The zero-order valence-electron chi connectivity index (χ0n) is 6.68. The van der Waals surface area contributed by atoms with Crippen LogP contribution in [0.4, 0.5) is 0 Å². The maximum absolute atomic E-state index is 4.16. The first-order valence-electron chi connectivity index (χ1n) is 3.33. The summed E-state index contributed by atoms with van der Waals surface area (Å²) in [6.07, 6.45) is 1.85. The second-order valence-electron chi connectivity index (χ2n) is 2.75. The quantitative estimate of drug-likeness (QED) is 0.656. The standard InChI is InChI=1S/C7H13N3/c1-6-4-8-7(9-6)5-10(2)3/h4H,5H2,1-3H3,(H,8,9). The van der Waals surface area contributed by atoms with Crippen molar-refractivity contribution in [2.75, 3.05) is 14.1 Å². The van der Waals surface area contributed by atoms with Crippen LogP contribution in [0.5, 0.6) is 0 Å². The molecule has 0 radical (unpaired) electrons. The maximum atomic E-state index is 4.16. The summed E-state index contributed by atoms with van der Waals surface area (Å²) in [5, 5.41) is 0. The number of imidazole rings is 1. The molecule has 1 heterocycles. The molecule has 3 nitrogen and oxygen atoms in total. The Labute approximate surface area is 61.1 Å². The van der Waals surface area contributed by atoms with Gasteiger partial charge in [-0.3, -0.25) is 0 Å². The van der Waals surface area contributed by atoms with E-state index >= 15 is 0 Å². The van der Waals surface area contributed by atoms with Gasteiger partial charge < -0.3 is 9.88 Å². The van der Waals surface area contributed by atoms with Crippen LogP contribution >= 0.6 is 0 Å². The molecule has 1 aromatic heterocycles. The molecule has 0 bridgehead atoms. The molecule has 0 spiro atoms. The fourth-order valence-corrected chi connectivity index (χ4v) is 0.847. The van der Waals surface area contributed by atoms with Gasteiger partial charge in [-0.2, -0.15) is 0 Å². The van der Waals surface area contributed by atoms with E-state index in [1.165, 1.54) is 0 Å². The smallest absolute Gasteiger partial charge is 0.120 e. The van der Waals surface area contributed by atoms with Crippen molar-refractivity contribution in [2.24, 2.45) is 0 Å². The molecular weight excluding hydrogens is 126 g/mol. The van der Waals surface area contributed by atoms with E-state index in [1.54, 1.807) is 0 Å². The van der Waals surface area contributed by atoms with E-state index in [1.807, 2.05) is 27.2 Å². The lowest BCUT2D eigenvalue weighted by Gasteiger charge is -2.05. The van der Waals surface area contributed by atoms with Gasteiger partial charge in [0.2, 0.25) is 0 Å². The van der Waals surface area contributed by atoms with Gasteiger partial charge >= 0.3 is 0 Å². The zero-order valence-corrected chi connectivity index (χ0v) is 6.68. The van der Waals surface area contributed by atoms with Crippen molar-refractivity contribution >= 4 is 0 Å². The SMILES string of the molecule is Cc1cnc(CN(C)C)[nH]1. The molecule has 3 heteroatoms. The average molecular weight is 139 g/mol. The summed E-state index contributed by atoms with van der Waals surface area (Å²) in [5.74, 6) is 1.03. The number of aromatic amines is 1. The molecule has 0 aliphatic rings. The van der Waals surface area contributed by atoms with Gasteiger partial charge in [0.25, 0.3) is 0 Å². The highest BCUT2D eigenvalue weighted by molar-refractivity contribution is 4.97. The molecule has 0 saturated heterocycles. The highest BCUT2D eigenvalue weighted by atomic mass is 15.1. The Kier molecular flexibility index (Phi) is 2.06. The number of H-pyrrole nitrogens is 1. The predicted octanol–water partition coefficient (Wildman–Crippen LogP) is 0.780. The van der Waals surface area contributed by atoms with Crippen LogP contribution in [0.1, 0.15) is 11.5 Å². The first kappa shape index (κ1) is 7.28. The minimum Gasteiger partial charge on any atom is -0.345 e. The number of rotatable bonds is 2. The summed E-state index contributed by atoms with van der Waals surface area (Å²) in [4.78, 5) is 9.39. The first-order valence-corrected chi connectivity index (χ1v) is 3.33. The predicted molar refractivity (Wildman–Crippen MR) is 40.7 cm³/mol. The van der Waals surface area contributed by atoms with Crippen molar-refractivity contribution in [3.8, 4) is 0 Å². The number of nitrogens with zero attached hydrogens (tertiary/aromatic N) is 2. The largest absolute Gasteiger partial charge is 0.345 e. The molecule has 0 saturated carbocycles. The van der Waals surface area contributed by atoms with E-state index < -0.39 is 0 Å². The number of aromatic nitrogens is 2. The number of aryl methyl sites for hydroxylation is 1. The van der Waals surface area contributed by atoms with Gasteiger partial charge in [0, 0.05) is 11.9 Å². The van der Waals surface area contributed by atoms with Gasteiger partial charge in [-0.25, -0.2) is 4.98 Å². The van der Waals surface area contributed by atoms with Gasteiger partial charge in [-0.1, -0.05) is 0 Å². The molecule has 10 heavy (non-hydrogen) atoms. The summed E-state index contributed by atoms with van der Waals surface area (Å²) < 4.78 is 0. The van der Waals surface area contributed by atoms with E-state index in [-0.39, 0.29) is 0 Å². The highest BCUT2D eigenvalue weighted by Gasteiger charge is 1.96. The Bertz CT molecular complexity index is 202. The van der Waals surface area contributed by atoms with Crippen LogP contribution in [0.2, 0.25) is 0 Å². The Hall–Kier alpha value is -0.830. The molecule has 1 aromatic rings. The molecular formula is C7H13N3. The topological polar surface area (TPSA) is 31.9 Å². The van der Waals surface area contributed by atoms with Crippen LogP contribution in [0, 0.1) is 6.92 Å². The third-order valence-corrected chi connectivity index (χ3v) is 1.22. The van der Waals surface area contributed by atoms with Crippen molar-refractivity contribution in [3.63, 3.8) is 0 Å². The Morgan fingerprint density at radius 1 is 1.60 bits per heavy atom. The van der Waals surface area contributed by atoms with E-state index in [2.05, 4.69) is 14.9 Å². The molecule has 0 aromatic carbocycles. The zero-order chi connectivity index (χ0) is 7.56. The van der Waals surface area contributed by atoms with Crippen LogP contribution in [0.25, 0.3) is 0 Å². The summed E-state index contributed by atoms with van der Waals surface area (Å²) in [6, 6.07) is 0. The third kappa shape index (κ3) is 1.84. The Balaban J connectivity index is 2.58. The van der Waals surface area contributed by atoms with Crippen LogP contribution in [-0.2, 0) is 6.54 Å². The van der Waals surface area contributed by atoms with Crippen molar-refractivity contribution in [1.29, 1.82) is 0 Å². The number of nitrogens with one attached hydrogen (secondary N) is 1. The second-order valence-corrected chi connectivity index (χ2v) is 2.75. The molecule has 0 atom stereocenters. The minimum atomic E-state index is 0.883. The lowest BCUT2D eigenvalue weighted by molar-refractivity contribution is 0.392. The fourth-order valence-electron chi connectivity index (χ4n) is 0.847. The van der Waals surface area contributed by atoms with Gasteiger partial charge in [-0.05, 0) is 21.0 Å². The lowest BCUT2D eigenvalue weighted by Crippen LogP contribution is -2.11. The summed E-state index contributed by atoms with van der Waals surface area (Å²) >= 11 is 0. The minimum absolute atomic E-state index is 0.883. The molecule has 0 fully saturated rings. The first-order chi connectivity index (χ1) is 4.68. The van der Waals surface area contributed by atoms with E-state index in [0.717, 1.165) is 18.1 Å². The van der Waals surface area contributed by atoms with Gasteiger partial charge in [-0.15, -0.1) is 0 Å². The Morgan fingerprint density at radius 3 is 2.70 bits per heavy atom. The average Bonchev–Trinajstić information content (AvgIpc) is 2.13. The molecule has 0 aliphatic heterocycles. The third-order valence-electron chi connectivity index (χ3n) is 1.22. The van der Waals surface area contributed by atoms with E-state index in [9.17, 15) is 0 Å². The van der Waals surface area contributed by atoms with Crippen LogP contribution in [0.15, 0.2) is 6.20 Å². The van der Waals surface area contributed by atoms with Crippen LogP contribution < -0.4 is 0 Å². The van der Waals surface area contributed by atoms with Gasteiger partial charge in [0.05, 0.1) is 6.54 Å². The normalized spacial score (nSPS) is 10.8. The molecule has 1 N–H and O–H groups in total. The molecule has 0 amide bonds. The van der Waals surface area contributed by atoms with Crippen molar-refractivity contribution in [1.82, 2.24) is 14.9 Å². The maximum Gasteiger partial charge on any atom is 0.120 e. The van der Waals surface area contributed by atoms with Crippen molar-refractivity contribution < 1.29 is 0 Å². The molecule has 0 unspecified atom stereocenters. The van der Waals surface area contributed by atoms with E-state index in [4.69, 9.17) is 0 Å². The van der Waals surface area contributed by atoms with Gasteiger partial charge in [0.15, 0.2) is 0 Å². The van der Waals surface area contributed by atoms with Crippen LogP contribution in [0.3, 0.4) is 0 Å². The molecule has 1 rings (SSSR count). The fraction of sp³-hybridized carbons (Fsp3) is 0.571. The molecule has 0 aliphatic carbocycles. The second kappa shape index (κ2) is 2.84. The summed E-state index contributed by atoms with van der Waals surface area (Å²) in [7, 11) is 4.05. The monoisotopic (exact) mass is 139 g/mol. The van der Waals surface area contributed by atoms with Crippen LogP contribution in [-0.4, -0.2) is 29.0 Å². The van der Waals surface area contributed by atoms with E-state index in [0.29, 0.717) is 0 Å². The Morgan fingerprint density at radius 2 is 2.30 bits per heavy atom. The number of hydrogen-bond acceptors (Lipinski definition) is 2. The van der Waals surface area contributed by atoms with Crippen molar-refractivity contribution in [2.45, 2.75) is 13.5 Å². The van der Waals surface area contributed by atoms with Crippen molar-refractivity contribution in [3.05, 3.63) is 17.7 Å².